The molecule has 1 aromatic heterocycles. The summed E-state index contributed by atoms with van der Waals surface area (Å²) < 4.78 is 2.48. The SMILES string of the molecule is ClC1C=Cc2c(sc3ccc(Br)cc23)C1. The molecule has 0 nitrogen and oxygen atoms in total. The second-order valence-electron chi connectivity index (χ2n) is 3.66. The van der Waals surface area contributed by atoms with Gasteiger partial charge in [0.2, 0.25) is 0 Å². The third kappa shape index (κ3) is 1.65. The molecule has 0 saturated heterocycles. The predicted octanol–water partition coefficient (Wildman–Crippen LogP) is 4.84. The molecule has 0 bridgehead atoms. The summed E-state index contributed by atoms with van der Waals surface area (Å²) in [6.45, 7) is 0. The topological polar surface area (TPSA) is 0 Å². The first-order valence-corrected chi connectivity index (χ1v) is 6.82. The summed E-state index contributed by atoms with van der Waals surface area (Å²) in [5.41, 5.74) is 1.35. The van der Waals surface area contributed by atoms with Crippen molar-refractivity contribution in [2.24, 2.45) is 0 Å². The van der Waals surface area contributed by atoms with E-state index < -0.39 is 0 Å². The Balaban J connectivity index is 2.31. The van der Waals surface area contributed by atoms with Crippen LogP contribution in [0.4, 0.5) is 0 Å². The van der Waals surface area contributed by atoms with Crippen LogP contribution in [-0.4, -0.2) is 5.38 Å². The molecule has 0 N–H and O–H groups in total. The summed E-state index contributed by atoms with van der Waals surface area (Å²) in [6, 6.07) is 6.44. The van der Waals surface area contributed by atoms with E-state index in [1.54, 1.807) is 0 Å². The zero-order valence-corrected chi connectivity index (χ0v) is 11.0. The lowest BCUT2D eigenvalue weighted by molar-refractivity contribution is 1.02. The average molecular weight is 300 g/mol. The maximum Gasteiger partial charge on any atom is 0.0567 e. The van der Waals surface area contributed by atoms with Crippen LogP contribution in [0.1, 0.15) is 10.4 Å². The normalized spacial score (nSPS) is 19.5. The van der Waals surface area contributed by atoms with Crippen molar-refractivity contribution >= 4 is 55.0 Å². The van der Waals surface area contributed by atoms with Gasteiger partial charge in [-0.2, -0.15) is 0 Å². The molecular weight excluding hydrogens is 292 g/mol. The van der Waals surface area contributed by atoms with Crippen LogP contribution in [0.5, 0.6) is 0 Å². The van der Waals surface area contributed by atoms with Gasteiger partial charge in [-0.15, -0.1) is 22.9 Å². The van der Waals surface area contributed by atoms with E-state index in [-0.39, 0.29) is 5.38 Å². The Morgan fingerprint density at radius 3 is 3.13 bits per heavy atom. The Morgan fingerprint density at radius 1 is 1.40 bits per heavy atom. The summed E-state index contributed by atoms with van der Waals surface area (Å²) in [7, 11) is 0. The van der Waals surface area contributed by atoms with E-state index in [1.165, 1.54) is 20.5 Å². The molecule has 1 heterocycles. The molecule has 3 rings (SSSR count). The van der Waals surface area contributed by atoms with Crippen LogP contribution in [0.25, 0.3) is 16.2 Å². The van der Waals surface area contributed by atoms with Crippen molar-refractivity contribution in [3.63, 3.8) is 0 Å². The summed E-state index contributed by atoms with van der Waals surface area (Å²) in [4.78, 5) is 1.41. The molecule has 0 aliphatic heterocycles. The highest BCUT2D eigenvalue weighted by molar-refractivity contribution is 9.10. The minimum atomic E-state index is 0.161. The van der Waals surface area contributed by atoms with Gasteiger partial charge in [-0.3, -0.25) is 0 Å². The minimum absolute atomic E-state index is 0.161. The van der Waals surface area contributed by atoms with Gasteiger partial charge in [-0.25, -0.2) is 0 Å². The van der Waals surface area contributed by atoms with Gasteiger partial charge in [0.1, 0.15) is 0 Å². The third-order valence-electron chi connectivity index (χ3n) is 2.62. The van der Waals surface area contributed by atoms with E-state index in [9.17, 15) is 0 Å². The molecule has 1 aliphatic rings. The highest BCUT2D eigenvalue weighted by Crippen LogP contribution is 2.37. The molecule has 0 fully saturated rings. The van der Waals surface area contributed by atoms with Gasteiger partial charge < -0.3 is 0 Å². The zero-order valence-electron chi connectivity index (χ0n) is 7.84. The van der Waals surface area contributed by atoms with Gasteiger partial charge in [-0.05, 0) is 23.8 Å². The number of fused-ring (bicyclic) bond motifs is 3. The standard InChI is InChI=1S/C12H8BrClS/c13-7-1-4-11-10(5-7)9-3-2-8(14)6-12(9)15-11/h1-5,8H,6H2. The van der Waals surface area contributed by atoms with E-state index in [2.05, 4.69) is 46.3 Å². The number of allylic oxidation sites excluding steroid dienone is 1. The van der Waals surface area contributed by atoms with Crippen LogP contribution in [0.15, 0.2) is 28.7 Å². The summed E-state index contributed by atoms with van der Waals surface area (Å²) in [6.07, 6.45) is 5.20. The first-order valence-electron chi connectivity index (χ1n) is 4.77. The van der Waals surface area contributed by atoms with E-state index >= 15 is 0 Å². The van der Waals surface area contributed by atoms with Gasteiger partial charge in [0.05, 0.1) is 5.38 Å². The van der Waals surface area contributed by atoms with Gasteiger partial charge in [0.15, 0.2) is 0 Å². The monoisotopic (exact) mass is 298 g/mol. The Hall–Kier alpha value is -0.310. The molecule has 3 heteroatoms. The molecule has 1 aromatic carbocycles. The van der Waals surface area contributed by atoms with E-state index in [0.717, 1.165) is 10.9 Å². The Bertz CT molecular complexity index is 556. The number of rotatable bonds is 0. The van der Waals surface area contributed by atoms with Crippen LogP contribution in [0, 0.1) is 0 Å². The largest absolute Gasteiger partial charge is 0.140 e. The van der Waals surface area contributed by atoms with Gasteiger partial charge in [-0.1, -0.05) is 28.1 Å². The fraction of sp³-hybridized carbons (Fsp3) is 0.167. The van der Waals surface area contributed by atoms with Crippen LogP contribution >= 0.6 is 38.9 Å². The van der Waals surface area contributed by atoms with Crippen molar-refractivity contribution < 1.29 is 0 Å². The molecule has 15 heavy (non-hydrogen) atoms. The fourth-order valence-electron chi connectivity index (χ4n) is 1.92. The lowest BCUT2D eigenvalue weighted by Gasteiger charge is -2.09. The number of hydrogen-bond donors (Lipinski definition) is 0. The smallest absolute Gasteiger partial charge is 0.0567 e. The second kappa shape index (κ2) is 3.62. The molecule has 1 atom stereocenters. The Labute approximate surface area is 106 Å². The quantitative estimate of drug-likeness (QED) is 0.611. The predicted molar refractivity (Wildman–Crippen MR) is 71.9 cm³/mol. The molecule has 0 saturated carbocycles. The van der Waals surface area contributed by atoms with E-state index in [4.69, 9.17) is 11.6 Å². The van der Waals surface area contributed by atoms with Crippen molar-refractivity contribution in [2.75, 3.05) is 0 Å². The number of alkyl halides is 1. The Kier molecular flexibility index (Phi) is 2.38. The molecule has 1 unspecified atom stereocenters. The van der Waals surface area contributed by atoms with Crippen molar-refractivity contribution in [3.8, 4) is 0 Å². The van der Waals surface area contributed by atoms with E-state index in [0.29, 0.717) is 0 Å². The Morgan fingerprint density at radius 2 is 2.27 bits per heavy atom. The maximum atomic E-state index is 6.11. The first kappa shape index (κ1) is 9.88. The van der Waals surface area contributed by atoms with Crippen LogP contribution in [0.3, 0.4) is 0 Å². The van der Waals surface area contributed by atoms with E-state index in [1.807, 2.05) is 11.3 Å². The van der Waals surface area contributed by atoms with Crippen molar-refractivity contribution in [1.29, 1.82) is 0 Å². The lowest BCUT2D eigenvalue weighted by atomic mass is 10.0. The maximum absolute atomic E-state index is 6.11. The second-order valence-corrected chi connectivity index (χ2v) is 6.27. The molecular formula is C12H8BrClS. The van der Waals surface area contributed by atoms with Gasteiger partial charge >= 0.3 is 0 Å². The van der Waals surface area contributed by atoms with Gasteiger partial charge in [0, 0.05) is 25.9 Å². The number of halogens is 2. The van der Waals surface area contributed by atoms with Crippen LogP contribution in [-0.2, 0) is 6.42 Å². The van der Waals surface area contributed by atoms with Crippen molar-refractivity contribution in [2.45, 2.75) is 11.8 Å². The lowest BCUT2D eigenvalue weighted by Crippen LogP contribution is -2.02. The third-order valence-corrected chi connectivity index (χ3v) is 4.62. The van der Waals surface area contributed by atoms with Crippen LogP contribution in [0.2, 0.25) is 0 Å². The van der Waals surface area contributed by atoms with Crippen molar-refractivity contribution in [1.82, 2.24) is 0 Å². The van der Waals surface area contributed by atoms with Gasteiger partial charge in [0.25, 0.3) is 0 Å². The summed E-state index contributed by atoms with van der Waals surface area (Å²) >= 11 is 11.5. The van der Waals surface area contributed by atoms with Crippen LogP contribution < -0.4 is 0 Å². The summed E-state index contributed by atoms with van der Waals surface area (Å²) in [5, 5.41) is 1.50. The highest BCUT2D eigenvalue weighted by atomic mass is 79.9. The molecule has 1 aliphatic carbocycles. The number of thiophene rings is 1. The average Bonchev–Trinajstić information content (AvgIpc) is 2.54. The molecule has 2 aromatic rings. The molecule has 0 amide bonds. The molecule has 0 radical (unpaired) electrons. The fourth-order valence-corrected chi connectivity index (χ4v) is 3.83. The molecule has 76 valence electrons. The van der Waals surface area contributed by atoms with Crippen molar-refractivity contribution in [3.05, 3.63) is 39.2 Å². The highest BCUT2D eigenvalue weighted by Gasteiger charge is 2.16. The number of benzene rings is 1. The zero-order chi connectivity index (χ0) is 10.4. The molecule has 0 spiro atoms. The number of hydrogen-bond acceptors (Lipinski definition) is 1. The first-order chi connectivity index (χ1) is 7.24. The summed E-state index contributed by atoms with van der Waals surface area (Å²) in [5.74, 6) is 0. The minimum Gasteiger partial charge on any atom is -0.140 e.